The Morgan fingerprint density at radius 2 is 2.16 bits per heavy atom. The van der Waals surface area contributed by atoms with Crippen molar-refractivity contribution in [1.29, 1.82) is 0 Å². The number of likely N-dealkylation sites (tertiary alicyclic amines) is 2. The summed E-state index contributed by atoms with van der Waals surface area (Å²) in [5, 5.41) is 0. The van der Waals surface area contributed by atoms with Crippen molar-refractivity contribution in [3.63, 3.8) is 0 Å². The van der Waals surface area contributed by atoms with E-state index in [1.807, 2.05) is 21.9 Å². The average molecular weight is 345 g/mol. The minimum atomic E-state index is -0.823. The number of pyridine rings is 1. The largest absolute Gasteiger partial charge is 0.341 e. The van der Waals surface area contributed by atoms with Crippen molar-refractivity contribution in [3.05, 3.63) is 30.1 Å². The molecule has 3 heterocycles. The van der Waals surface area contributed by atoms with Gasteiger partial charge >= 0.3 is 0 Å². The van der Waals surface area contributed by atoms with E-state index in [0.29, 0.717) is 32.5 Å². The van der Waals surface area contributed by atoms with Crippen LogP contribution < -0.4 is 0 Å². The topological polar surface area (TPSA) is 53.5 Å². The zero-order chi connectivity index (χ0) is 17.4. The zero-order valence-electron chi connectivity index (χ0n) is 14.4. The fourth-order valence-electron chi connectivity index (χ4n) is 4.46. The number of aromatic nitrogens is 1. The number of hydrogen-bond donors (Lipinski definition) is 0. The van der Waals surface area contributed by atoms with E-state index < -0.39 is 11.6 Å². The normalized spacial score (nSPS) is 32.1. The van der Waals surface area contributed by atoms with Gasteiger partial charge in [-0.3, -0.25) is 14.6 Å². The number of carbonyl (C=O) groups excluding carboxylic acids is 2. The van der Waals surface area contributed by atoms with Gasteiger partial charge in [-0.1, -0.05) is 6.07 Å². The van der Waals surface area contributed by atoms with Crippen LogP contribution in [0.1, 0.15) is 37.7 Å². The van der Waals surface area contributed by atoms with Crippen LogP contribution in [0.4, 0.5) is 4.39 Å². The van der Waals surface area contributed by atoms with Crippen LogP contribution in [0.15, 0.2) is 24.5 Å². The Hall–Kier alpha value is -1.98. The quantitative estimate of drug-likeness (QED) is 0.844. The average Bonchev–Trinajstić information content (AvgIpc) is 2.89. The highest BCUT2D eigenvalue weighted by Gasteiger charge is 2.50. The molecular weight excluding hydrogens is 321 g/mol. The van der Waals surface area contributed by atoms with E-state index in [4.69, 9.17) is 0 Å². The molecule has 3 aliphatic rings. The minimum Gasteiger partial charge on any atom is -0.341 e. The molecule has 3 fully saturated rings. The van der Waals surface area contributed by atoms with Crippen LogP contribution in [-0.2, 0) is 16.1 Å². The first kappa shape index (κ1) is 16.5. The van der Waals surface area contributed by atoms with Crippen molar-refractivity contribution in [2.75, 3.05) is 19.6 Å². The molecule has 1 aromatic rings. The van der Waals surface area contributed by atoms with E-state index in [2.05, 4.69) is 4.98 Å². The molecule has 2 aliphatic heterocycles. The molecule has 0 radical (unpaired) electrons. The lowest BCUT2D eigenvalue weighted by molar-refractivity contribution is -0.148. The Morgan fingerprint density at radius 3 is 2.88 bits per heavy atom. The number of rotatable bonds is 3. The van der Waals surface area contributed by atoms with Crippen molar-refractivity contribution in [1.82, 2.24) is 14.8 Å². The van der Waals surface area contributed by atoms with Crippen molar-refractivity contribution in [2.24, 2.45) is 11.3 Å². The summed E-state index contributed by atoms with van der Waals surface area (Å²) in [6.45, 7) is 2.51. The van der Waals surface area contributed by atoms with Gasteiger partial charge in [0.1, 0.15) is 6.17 Å². The maximum atomic E-state index is 13.1. The summed E-state index contributed by atoms with van der Waals surface area (Å²) in [7, 11) is 0. The Morgan fingerprint density at radius 1 is 1.32 bits per heavy atom. The monoisotopic (exact) mass is 345 g/mol. The van der Waals surface area contributed by atoms with Crippen LogP contribution in [0.5, 0.6) is 0 Å². The second kappa shape index (κ2) is 6.39. The van der Waals surface area contributed by atoms with Gasteiger partial charge in [-0.15, -0.1) is 0 Å². The maximum absolute atomic E-state index is 13.1. The highest BCUT2D eigenvalue weighted by atomic mass is 19.1. The molecule has 5 nitrogen and oxygen atoms in total. The lowest BCUT2D eigenvalue weighted by Gasteiger charge is -2.42. The van der Waals surface area contributed by atoms with Gasteiger partial charge in [0.05, 0.1) is 5.41 Å². The van der Waals surface area contributed by atoms with Crippen molar-refractivity contribution in [3.8, 4) is 0 Å². The van der Waals surface area contributed by atoms with Crippen LogP contribution in [0.3, 0.4) is 0 Å². The van der Waals surface area contributed by atoms with Gasteiger partial charge < -0.3 is 9.80 Å². The smallest absolute Gasteiger partial charge is 0.230 e. The summed E-state index contributed by atoms with van der Waals surface area (Å²) in [6, 6.07) is 3.86. The highest BCUT2D eigenvalue weighted by molar-refractivity contribution is 5.87. The molecule has 6 heteroatoms. The molecular formula is C19H24FN3O2. The lowest BCUT2D eigenvalue weighted by atomic mass is 9.76. The van der Waals surface area contributed by atoms with Crippen LogP contribution in [-0.4, -0.2) is 52.4 Å². The summed E-state index contributed by atoms with van der Waals surface area (Å²) < 4.78 is 13.1. The van der Waals surface area contributed by atoms with E-state index >= 15 is 0 Å². The van der Waals surface area contributed by atoms with E-state index in [9.17, 15) is 14.0 Å². The summed E-state index contributed by atoms with van der Waals surface area (Å²) in [6.07, 6.45) is 5.89. The molecule has 1 atom stereocenters. The van der Waals surface area contributed by atoms with Crippen LogP contribution >= 0.6 is 0 Å². The molecule has 0 unspecified atom stereocenters. The molecule has 4 rings (SSSR count). The first-order valence-corrected chi connectivity index (χ1v) is 9.18. The molecule has 1 saturated carbocycles. The fourth-order valence-corrected chi connectivity index (χ4v) is 4.46. The summed E-state index contributed by atoms with van der Waals surface area (Å²) >= 11 is 0. The van der Waals surface area contributed by atoms with E-state index in [0.717, 1.165) is 31.4 Å². The first-order valence-electron chi connectivity index (χ1n) is 9.18. The molecule has 1 spiro atoms. The number of carbonyl (C=O) groups is 2. The number of piperidine rings is 1. The lowest BCUT2D eigenvalue weighted by Crippen LogP contribution is -2.52. The Bertz CT molecular complexity index is 662. The predicted octanol–water partition coefficient (Wildman–Crippen LogP) is 2.17. The summed E-state index contributed by atoms with van der Waals surface area (Å²) in [4.78, 5) is 33.5. The molecule has 25 heavy (non-hydrogen) atoms. The van der Waals surface area contributed by atoms with E-state index in [1.54, 1.807) is 12.4 Å². The molecule has 0 N–H and O–H groups in total. The SMILES string of the molecule is O=C(C1CC(F)C1)N1CCC[C@@]2(CCN(Cc3cccnc3)C2=O)C1. The third-order valence-corrected chi connectivity index (χ3v) is 6.02. The van der Waals surface area contributed by atoms with Crippen LogP contribution in [0.2, 0.25) is 0 Å². The third-order valence-electron chi connectivity index (χ3n) is 6.02. The van der Waals surface area contributed by atoms with Gasteiger partial charge in [-0.2, -0.15) is 0 Å². The molecule has 2 saturated heterocycles. The van der Waals surface area contributed by atoms with Crippen molar-refractivity contribution in [2.45, 2.75) is 44.8 Å². The maximum Gasteiger partial charge on any atom is 0.230 e. The van der Waals surface area contributed by atoms with Crippen molar-refractivity contribution < 1.29 is 14.0 Å². The number of hydrogen-bond acceptors (Lipinski definition) is 3. The third kappa shape index (κ3) is 3.02. The molecule has 134 valence electrons. The van der Waals surface area contributed by atoms with Crippen LogP contribution in [0, 0.1) is 11.3 Å². The summed E-state index contributed by atoms with van der Waals surface area (Å²) in [5.41, 5.74) is 0.592. The minimum absolute atomic E-state index is 0.0477. The standard InChI is InChI=1S/C19H24FN3O2/c20-16-9-15(10-16)17(24)23-7-2-4-19(13-23)5-8-22(18(19)25)12-14-3-1-6-21-11-14/h1,3,6,11,15-16H,2,4-5,7-10,12-13H2/t15?,16?,19-/m1/s1. The second-order valence-electron chi connectivity index (χ2n) is 7.75. The van der Waals surface area contributed by atoms with Gasteiger partial charge in [0.15, 0.2) is 0 Å². The second-order valence-corrected chi connectivity index (χ2v) is 7.75. The molecule has 1 aromatic heterocycles. The highest BCUT2D eigenvalue weighted by Crippen LogP contribution is 2.42. The predicted molar refractivity (Wildman–Crippen MR) is 90.1 cm³/mol. The summed E-state index contributed by atoms with van der Waals surface area (Å²) in [5.74, 6) is 0.0328. The Kier molecular flexibility index (Phi) is 4.21. The van der Waals surface area contributed by atoms with Gasteiger partial charge in [0, 0.05) is 44.5 Å². The van der Waals surface area contributed by atoms with Gasteiger partial charge in [-0.25, -0.2) is 4.39 Å². The van der Waals surface area contributed by atoms with Gasteiger partial charge in [-0.05, 0) is 43.7 Å². The van der Waals surface area contributed by atoms with Crippen LogP contribution in [0.25, 0.3) is 0 Å². The molecule has 2 amide bonds. The Balaban J connectivity index is 1.43. The first-order chi connectivity index (χ1) is 12.1. The zero-order valence-corrected chi connectivity index (χ0v) is 14.4. The van der Waals surface area contributed by atoms with Gasteiger partial charge in [0.2, 0.25) is 11.8 Å². The number of amides is 2. The Labute approximate surface area is 147 Å². The van der Waals surface area contributed by atoms with E-state index in [1.165, 1.54) is 0 Å². The van der Waals surface area contributed by atoms with E-state index in [-0.39, 0.29) is 17.7 Å². The molecule has 0 aromatic carbocycles. The van der Waals surface area contributed by atoms with Gasteiger partial charge in [0.25, 0.3) is 0 Å². The number of alkyl halides is 1. The number of halogens is 1. The fraction of sp³-hybridized carbons (Fsp3) is 0.632. The number of nitrogens with zero attached hydrogens (tertiary/aromatic N) is 3. The molecule has 1 aliphatic carbocycles. The van der Waals surface area contributed by atoms with Crippen molar-refractivity contribution >= 4 is 11.8 Å². The molecule has 0 bridgehead atoms.